The number of hydrogen-bond donors (Lipinski definition) is 1. The van der Waals surface area contributed by atoms with Gasteiger partial charge in [-0.25, -0.2) is 8.42 Å². The predicted molar refractivity (Wildman–Crippen MR) is 125 cm³/mol. The standard InChI is InChI=1S/C23H22Cl2N2O3S/c1-16-6-10-21(11-7-16)31(29,30)27(20-5-3-4-17(2)12-20)15-23(28)26-14-18-8-9-19(24)13-22(18)25/h3-13H,14-15H2,1-2H3,(H,26,28). The number of amides is 1. The Morgan fingerprint density at radius 3 is 2.29 bits per heavy atom. The Kier molecular flexibility index (Phi) is 7.26. The zero-order valence-corrected chi connectivity index (χ0v) is 19.4. The molecule has 0 aromatic heterocycles. The number of carbonyl (C=O) groups excluding carboxylic acids is 1. The van der Waals surface area contributed by atoms with Crippen LogP contribution in [0, 0.1) is 13.8 Å². The summed E-state index contributed by atoms with van der Waals surface area (Å²) in [6.45, 7) is 3.53. The molecular formula is C23H22Cl2N2O3S. The topological polar surface area (TPSA) is 66.5 Å². The lowest BCUT2D eigenvalue weighted by Gasteiger charge is -2.24. The van der Waals surface area contributed by atoms with E-state index in [-0.39, 0.29) is 18.0 Å². The van der Waals surface area contributed by atoms with Gasteiger partial charge in [-0.05, 0) is 61.4 Å². The summed E-state index contributed by atoms with van der Waals surface area (Å²) in [5.41, 5.74) is 2.93. The number of carbonyl (C=O) groups is 1. The van der Waals surface area contributed by atoms with E-state index >= 15 is 0 Å². The van der Waals surface area contributed by atoms with Crippen LogP contribution in [0.1, 0.15) is 16.7 Å². The third-order valence-electron chi connectivity index (χ3n) is 4.68. The summed E-state index contributed by atoms with van der Waals surface area (Å²) in [5.74, 6) is -0.455. The van der Waals surface area contributed by atoms with E-state index in [4.69, 9.17) is 23.2 Å². The van der Waals surface area contributed by atoms with Gasteiger partial charge in [0.1, 0.15) is 6.54 Å². The molecule has 0 radical (unpaired) electrons. The summed E-state index contributed by atoms with van der Waals surface area (Å²) in [6.07, 6.45) is 0. The Labute approximate surface area is 192 Å². The molecule has 162 valence electrons. The Bertz CT molecular complexity index is 1200. The van der Waals surface area contributed by atoms with Crippen molar-refractivity contribution in [3.05, 3.63) is 93.5 Å². The van der Waals surface area contributed by atoms with Crippen molar-refractivity contribution in [1.29, 1.82) is 0 Å². The minimum atomic E-state index is -3.95. The number of sulfonamides is 1. The average Bonchev–Trinajstić information content (AvgIpc) is 2.71. The first-order valence-electron chi connectivity index (χ1n) is 9.53. The van der Waals surface area contributed by atoms with E-state index in [1.54, 1.807) is 60.7 Å². The van der Waals surface area contributed by atoms with Gasteiger partial charge in [0.15, 0.2) is 0 Å². The minimum absolute atomic E-state index is 0.119. The highest BCUT2D eigenvalue weighted by molar-refractivity contribution is 7.92. The molecule has 5 nitrogen and oxygen atoms in total. The summed E-state index contributed by atoms with van der Waals surface area (Å²) in [4.78, 5) is 12.8. The maximum absolute atomic E-state index is 13.4. The van der Waals surface area contributed by atoms with Crippen molar-refractivity contribution in [2.24, 2.45) is 0 Å². The van der Waals surface area contributed by atoms with Crippen LogP contribution >= 0.6 is 23.2 Å². The largest absolute Gasteiger partial charge is 0.350 e. The van der Waals surface area contributed by atoms with Crippen molar-refractivity contribution in [2.45, 2.75) is 25.3 Å². The van der Waals surface area contributed by atoms with Gasteiger partial charge in [-0.2, -0.15) is 0 Å². The normalized spacial score (nSPS) is 11.2. The van der Waals surface area contributed by atoms with Crippen LogP contribution in [0.25, 0.3) is 0 Å². The molecule has 3 rings (SSSR count). The van der Waals surface area contributed by atoms with Crippen molar-refractivity contribution in [2.75, 3.05) is 10.8 Å². The second-order valence-corrected chi connectivity index (χ2v) is 9.88. The van der Waals surface area contributed by atoms with Crippen LogP contribution in [0.2, 0.25) is 10.0 Å². The van der Waals surface area contributed by atoms with Gasteiger partial charge in [0.25, 0.3) is 10.0 Å². The summed E-state index contributed by atoms with van der Waals surface area (Å²) in [7, 11) is -3.95. The number of rotatable bonds is 7. The monoisotopic (exact) mass is 476 g/mol. The lowest BCUT2D eigenvalue weighted by Crippen LogP contribution is -2.40. The van der Waals surface area contributed by atoms with Crippen LogP contribution in [-0.4, -0.2) is 20.9 Å². The molecule has 0 unspecified atom stereocenters. The van der Waals surface area contributed by atoms with Gasteiger partial charge in [0.2, 0.25) is 5.91 Å². The maximum atomic E-state index is 13.4. The van der Waals surface area contributed by atoms with Crippen LogP contribution in [-0.2, 0) is 21.4 Å². The van der Waals surface area contributed by atoms with Gasteiger partial charge in [-0.1, -0.05) is 59.1 Å². The fourth-order valence-electron chi connectivity index (χ4n) is 2.98. The van der Waals surface area contributed by atoms with E-state index in [1.807, 2.05) is 19.9 Å². The van der Waals surface area contributed by atoms with E-state index in [0.717, 1.165) is 15.4 Å². The molecule has 1 amide bonds. The molecule has 0 heterocycles. The first-order valence-corrected chi connectivity index (χ1v) is 11.7. The summed E-state index contributed by atoms with van der Waals surface area (Å²) < 4.78 is 27.8. The number of benzene rings is 3. The molecule has 31 heavy (non-hydrogen) atoms. The fourth-order valence-corrected chi connectivity index (χ4v) is 4.87. The highest BCUT2D eigenvalue weighted by atomic mass is 35.5. The third-order valence-corrected chi connectivity index (χ3v) is 7.05. The van der Waals surface area contributed by atoms with E-state index in [0.29, 0.717) is 21.3 Å². The molecular weight excluding hydrogens is 455 g/mol. The Morgan fingerprint density at radius 1 is 0.935 bits per heavy atom. The van der Waals surface area contributed by atoms with Gasteiger partial charge >= 0.3 is 0 Å². The molecule has 8 heteroatoms. The Morgan fingerprint density at radius 2 is 1.65 bits per heavy atom. The first kappa shape index (κ1) is 23.1. The highest BCUT2D eigenvalue weighted by Gasteiger charge is 2.27. The lowest BCUT2D eigenvalue weighted by atomic mass is 10.2. The first-order chi connectivity index (χ1) is 14.7. The van der Waals surface area contributed by atoms with Crippen LogP contribution < -0.4 is 9.62 Å². The number of anilines is 1. The minimum Gasteiger partial charge on any atom is -0.350 e. The molecule has 0 atom stereocenters. The highest BCUT2D eigenvalue weighted by Crippen LogP contribution is 2.25. The zero-order valence-electron chi connectivity index (χ0n) is 17.1. The molecule has 0 aliphatic carbocycles. The molecule has 0 bridgehead atoms. The van der Waals surface area contributed by atoms with Gasteiger partial charge < -0.3 is 5.32 Å². The van der Waals surface area contributed by atoms with E-state index in [9.17, 15) is 13.2 Å². The van der Waals surface area contributed by atoms with E-state index in [1.165, 1.54) is 0 Å². The van der Waals surface area contributed by atoms with Crippen LogP contribution in [0.15, 0.2) is 71.6 Å². The number of hydrogen-bond acceptors (Lipinski definition) is 3. The number of nitrogens with one attached hydrogen (secondary N) is 1. The number of aryl methyl sites for hydroxylation is 2. The fraction of sp³-hybridized carbons (Fsp3) is 0.174. The van der Waals surface area contributed by atoms with Crippen LogP contribution in [0.4, 0.5) is 5.69 Å². The van der Waals surface area contributed by atoms with Gasteiger partial charge in [-0.3, -0.25) is 9.10 Å². The molecule has 0 fully saturated rings. The van der Waals surface area contributed by atoms with Gasteiger partial charge in [0.05, 0.1) is 10.6 Å². The second-order valence-electron chi connectivity index (χ2n) is 7.18. The number of halogens is 2. The molecule has 3 aromatic rings. The molecule has 0 saturated heterocycles. The molecule has 0 aliphatic heterocycles. The van der Waals surface area contributed by atoms with Crippen molar-refractivity contribution in [1.82, 2.24) is 5.32 Å². The summed E-state index contributed by atoms with van der Waals surface area (Å²) in [5, 5.41) is 3.66. The molecule has 0 spiro atoms. The molecule has 0 aliphatic rings. The van der Waals surface area contributed by atoms with Crippen molar-refractivity contribution >= 4 is 44.8 Å². The van der Waals surface area contributed by atoms with Crippen LogP contribution in [0.5, 0.6) is 0 Å². The van der Waals surface area contributed by atoms with Crippen LogP contribution in [0.3, 0.4) is 0 Å². The second kappa shape index (κ2) is 9.73. The van der Waals surface area contributed by atoms with Crippen molar-refractivity contribution in [3.63, 3.8) is 0 Å². The molecule has 0 saturated carbocycles. The predicted octanol–water partition coefficient (Wildman–Crippen LogP) is 5.12. The van der Waals surface area contributed by atoms with Gasteiger partial charge in [-0.15, -0.1) is 0 Å². The summed E-state index contributed by atoms with van der Waals surface area (Å²) in [6, 6.07) is 18.5. The SMILES string of the molecule is Cc1ccc(S(=O)(=O)N(CC(=O)NCc2ccc(Cl)cc2Cl)c2cccc(C)c2)cc1. The Hall–Kier alpha value is -2.54. The van der Waals surface area contributed by atoms with E-state index in [2.05, 4.69) is 5.32 Å². The van der Waals surface area contributed by atoms with Crippen molar-refractivity contribution in [3.8, 4) is 0 Å². The Balaban J connectivity index is 1.86. The molecule has 1 N–H and O–H groups in total. The quantitative estimate of drug-likeness (QED) is 0.514. The average molecular weight is 477 g/mol. The smallest absolute Gasteiger partial charge is 0.264 e. The molecule has 3 aromatic carbocycles. The number of nitrogens with zero attached hydrogens (tertiary/aromatic N) is 1. The zero-order chi connectivity index (χ0) is 22.6. The maximum Gasteiger partial charge on any atom is 0.264 e. The summed E-state index contributed by atoms with van der Waals surface area (Å²) >= 11 is 12.1. The van der Waals surface area contributed by atoms with E-state index < -0.39 is 15.9 Å². The van der Waals surface area contributed by atoms with Crippen molar-refractivity contribution < 1.29 is 13.2 Å². The van der Waals surface area contributed by atoms with Gasteiger partial charge in [0, 0.05) is 16.6 Å². The lowest BCUT2D eigenvalue weighted by molar-refractivity contribution is -0.119. The third kappa shape index (κ3) is 5.79.